The molecule has 1 aromatic rings. The van der Waals surface area contributed by atoms with Crippen LogP contribution in [0.5, 0.6) is 0 Å². The Labute approximate surface area is 125 Å². The van der Waals surface area contributed by atoms with Gasteiger partial charge in [0.05, 0.1) is 18.1 Å². The Bertz CT molecular complexity index is 693. The average molecular weight is 336 g/mol. The standard InChI is InChI=1S/C12H20N2O5S2/c1-3-13-8-11-4-5-12(19-11)21(17,18)14(2)10-6-7-20(15,16)9-10/h4-5,10,13H,3,6-9H2,1-2H3. The summed E-state index contributed by atoms with van der Waals surface area (Å²) in [5.74, 6) is 0.428. The lowest BCUT2D eigenvalue weighted by atomic mass is 10.3. The van der Waals surface area contributed by atoms with Gasteiger partial charge in [0.25, 0.3) is 10.0 Å². The Kier molecular flexibility index (Phi) is 4.76. The molecule has 120 valence electrons. The van der Waals surface area contributed by atoms with Crippen LogP contribution in [0.1, 0.15) is 19.1 Å². The van der Waals surface area contributed by atoms with Gasteiger partial charge in [0.15, 0.2) is 9.84 Å². The van der Waals surface area contributed by atoms with Gasteiger partial charge in [0.2, 0.25) is 5.09 Å². The average Bonchev–Trinajstić information content (AvgIpc) is 3.02. The van der Waals surface area contributed by atoms with Gasteiger partial charge in [0, 0.05) is 13.1 Å². The summed E-state index contributed by atoms with van der Waals surface area (Å²) in [6.07, 6.45) is 0.322. The fourth-order valence-electron chi connectivity index (χ4n) is 2.24. The van der Waals surface area contributed by atoms with Gasteiger partial charge in [-0.3, -0.25) is 0 Å². The van der Waals surface area contributed by atoms with E-state index >= 15 is 0 Å². The zero-order valence-electron chi connectivity index (χ0n) is 12.1. The molecule has 1 aromatic heterocycles. The number of rotatable bonds is 6. The van der Waals surface area contributed by atoms with Crippen LogP contribution < -0.4 is 5.32 Å². The smallest absolute Gasteiger partial charge is 0.276 e. The summed E-state index contributed by atoms with van der Waals surface area (Å²) in [5, 5.41) is 2.89. The van der Waals surface area contributed by atoms with Crippen LogP contribution >= 0.6 is 0 Å². The van der Waals surface area contributed by atoms with Crippen LogP contribution in [-0.4, -0.2) is 52.3 Å². The Morgan fingerprint density at radius 2 is 2.14 bits per heavy atom. The highest BCUT2D eigenvalue weighted by atomic mass is 32.2. The van der Waals surface area contributed by atoms with E-state index in [0.717, 1.165) is 10.8 Å². The van der Waals surface area contributed by atoms with Crippen molar-refractivity contribution in [3.05, 3.63) is 17.9 Å². The van der Waals surface area contributed by atoms with Crippen LogP contribution in [0.4, 0.5) is 0 Å². The zero-order chi connectivity index (χ0) is 15.7. The molecule has 1 N–H and O–H groups in total. The number of sulfonamides is 1. The molecule has 0 spiro atoms. The zero-order valence-corrected chi connectivity index (χ0v) is 13.7. The van der Waals surface area contributed by atoms with E-state index < -0.39 is 25.9 Å². The largest absolute Gasteiger partial charge is 0.447 e. The first-order valence-corrected chi connectivity index (χ1v) is 10.0. The number of furan rings is 1. The van der Waals surface area contributed by atoms with Gasteiger partial charge >= 0.3 is 0 Å². The van der Waals surface area contributed by atoms with Gasteiger partial charge in [-0.15, -0.1) is 0 Å². The Morgan fingerprint density at radius 1 is 1.43 bits per heavy atom. The van der Waals surface area contributed by atoms with Gasteiger partial charge in [-0.2, -0.15) is 4.31 Å². The van der Waals surface area contributed by atoms with E-state index in [1.807, 2.05) is 6.92 Å². The molecule has 0 saturated carbocycles. The predicted molar refractivity (Wildman–Crippen MR) is 78.1 cm³/mol. The Hall–Kier alpha value is -0.900. The molecular formula is C12H20N2O5S2. The maximum Gasteiger partial charge on any atom is 0.276 e. The number of hydrogen-bond acceptors (Lipinski definition) is 6. The third-order valence-corrected chi connectivity index (χ3v) is 7.08. The van der Waals surface area contributed by atoms with E-state index in [9.17, 15) is 16.8 Å². The lowest BCUT2D eigenvalue weighted by molar-refractivity contribution is 0.355. The quantitative estimate of drug-likeness (QED) is 0.797. The molecule has 2 rings (SSSR count). The minimum atomic E-state index is -3.80. The van der Waals surface area contributed by atoms with E-state index in [0.29, 0.717) is 18.7 Å². The maximum atomic E-state index is 12.4. The van der Waals surface area contributed by atoms with Crippen LogP contribution in [0.15, 0.2) is 21.6 Å². The summed E-state index contributed by atoms with van der Waals surface area (Å²) < 4.78 is 54.3. The van der Waals surface area contributed by atoms with Crippen molar-refractivity contribution in [2.24, 2.45) is 0 Å². The molecule has 1 fully saturated rings. The van der Waals surface area contributed by atoms with Crippen molar-refractivity contribution in [1.29, 1.82) is 0 Å². The minimum absolute atomic E-state index is 0.0291. The topological polar surface area (TPSA) is 96.7 Å². The molecule has 1 aliphatic rings. The minimum Gasteiger partial charge on any atom is -0.447 e. The van der Waals surface area contributed by atoms with Crippen LogP contribution in [0, 0.1) is 0 Å². The first-order chi connectivity index (χ1) is 9.76. The molecule has 2 heterocycles. The molecule has 0 amide bonds. The van der Waals surface area contributed by atoms with Gasteiger partial charge in [-0.05, 0) is 25.1 Å². The van der Waals surface area contributed by atoms with Crippen molar-refractivity contribution >= 4 is 19.9 Å². The third kappa shape index (κ3) is 3.65. The van der Waals surface area contributed by atoms with E-state index in [-0.39, 0.29) is 16.6 Å². The predicted octanol–water partition coefficient (Wildman–Crippen LogP) is 0.197. The fourth-order valence-corrected chi connectivity index (χ4v) is 5.42. The second-order valence-corrected chi connectivity index (χ2v) is 9.24. The normalized spacial score (nSPS) is 22.0. The second kappa shape index (κ2) is 6.07. The van der Waals surface area contributed by atoms with Gasteiger partial charge in [0.1, 0.15) is 5.76 Å². The molecule has 1 saturated heterocycles. The number of hydrogen-bond donors (Lipinski definition) is 1. The molecule has 1 aliphatic heterocycles. The number of sulfone groups is 1. The molecular weight excluding hydrogens is 316 g/mol. The molecule has 0 aromatic carbocycles. The van der Waals surface area contributed by atoms with E-state index in [2.05, 4.69) is 5.32 Å². The monoisotopic (exact) mass is 336 g/mol. The first kappa shape index (κ1) is 16.5. The van der Waals surface area contributed by atoms with Crippen molar-refractivity contribution < 1.29 is 21.3 Å². The van der Waals surface area contributed by atoms with Crippen molar-refractivity contribution in [2.45, 2.75) is 31.0 Å². The number of nitrogens with zero attached hydrogens (tertiary/aromatic N) is 1. The third-order valence-electron chi connectivity index (χ3n) is 3.54. The Morgan fingerprint density at radius 3 is 2.71 bits per heavy atom. The summed E-state index contributed by atoms with van der Waals surface area (Å²) in [7, 11) is -5.54. The van der Waals surface area contributed by atoms with Crippen LogP contribution in [-0.2, 0) is 26.4 Å². The maximum absolute atomic E-state index is 12.4. The lowest BCUT2D eigenvalue weighted by Crippen LogP contribution is -2.37. The first-order valence-electron chi connectivity index (χ1n) is 6.74. The van der Waals surface area contributed by atoms with Gasteiger partial charge in [-0.1, -0.05) is 6.92 Å². The molecule has 9 heteroatoms. The van der Waals surface area contributed by atoms with Crippen LogP contribution in [0.2, 0.25) is 0 Å². The van der Waals surface area contributed by atoms with E-state index in [4.69, 9.17) is 4.42 Å². The van der Waals surface area contributed by atoms with Crippen LogP contribution in [0.3, 0.4) is 0 Å². The molecule has 1 atom stereocenters. The van der Waals surface area contributed by atoms with Crippen molar-refractivity contribution in [1.82, 2.24) is 9.62 Å². The van der Waals surface area contributed by atoms with E-state index in [1.165, 1.54) is 13.1 Å². The highest BCUT2D eigenvalue weighted by molar-refractivity contribution is 7.92. The van der Waals surface area contributed by atoms with Crippen LogP contribution in [0.25, 0.3) is 0 Å². The molecule has 7 nitrogen and oxygen atoms in total. The SMILES string of the molecule is CCNCc1ccc(S(=O)(=O)N(C)C2CCS(=O)(=O)C2)o1. The summed E-state index contributed by atoms with van der Waals surface area (Å²) in [6, 6.07) is 2.49. The molecule has 21 heavy (non-hydrogen) atoms. The molecule has 0 bridgehead atoms. The summed E-state index contributed by atoms with van der Waals surface area (Å²) >= 11 is 0. The lowest BCUT2D eigenvalue weighted by Gasteiger charge is -2.21. The molecule has 1 unspecified atom stereocenters. The molecule has 0 radical (unpaired) electrons. The van der Waals surface area contributed by atoms with Crippen molar-refractivity contribution in [2.75, 3.05) is 25.1 Å². The van der Waals surface area contributed by atoms with E-state index in [1.54, 1.807) is 6.07 Å². The molecule has 0 aliphatic carbocycles. The van der Waals surface area contributed by atoms with Gasteiger partial charge < -0.3 is 9.73 Å². The highest BCUT2D eigenvalue weighted by Gasteiger charge is 2.37. The van der Waals surface area contributed by atoms with Gasteiger partial charge in [-0.25, -0.2) is 16.8 Å². The second-order valence-electron chi connectivity index (χ2n) is 5.08. The summed E-state index contributed by atoms with van der Waals surface area (Å²) in [6.45, 7) is 3.14. The fraction of sp³-hybridized carbons (Fsp3) is 0.667. The summed E-state index contributed by atoms with van der Waals surface area (Å²) in [5.41, 5.74) is 0. The Balaban J connectivity index is 2.15. The number of nitrogens with one attached hydrogen (secondary N) is 1. The van der Waals surface area contributed by atoms with Crippen molar-refractivity contribution in [3.63, 3.8) is 0 Å². The summed E-state index contributed by atoms with van der Waals surface area (Å²) in [4.78, 5) is 0. The highest BCUT2D eigenvalue weighted by Crippen LogP contribution is 2.24. The van der Waals surface area contributed by atoms with Crippen molar-refractivity contribution in [3.8, 4) is 0 Å².